The first-order valence-corrected chi connectivity index (χ1v) is 11.8. The van der Waals surface area contributed by atoms with Gasteiger partial charge >= 0.3 is 0 Å². The Morgan fingerprint density at radius 1 is 1.03 bits per heavy atom. The molecule has 0 spiro atoms. The summed E-state index contributed by atoms with van der Waals surface area (Å²) in [4.78, 5) is 23.8. The average Bonchev–Trinajstić information content (AvgIpc) is 3.36. The van der Waals surface area contributed by atoms with Gasteiger partial charge in [0, 0.05) is 59.5 Å². The van der Waals surface area contributed by atoms with E-state index in [2.05, 4.69) is 39.2 Å². The quantitative estimate of drug-likeness (QED) is 0.370. The van der Waals surface area contributed by atoms with E-state index in [-0.39, 0.29) is 6.04 Å². The number of likely N-dealkylation sites (tertiary alicyclic amines) is 1. The summed E-state index contributed by atoms with van der Waals surface area (Å²) in [6.45, 7) is 9.86. The summed E-state index contributed by atoms with van der Waals surface area (Å²) in [5.41, 5.74) is 1.22. The molecule has 2 aliphatic heterocycles. The van der Waals surface area contributed by atoms with E-state index in [0.29, 0.717) is 12.5 Å². The molecule has 1 aromatic carbocycles. The van der Waals surface area contributed by atoms with Crippen molar-refractivity contribution in [1.29, 1.82) is 0 Å². The molecule has 2 fully saturated rings. The minimum atomic E-state index is -0.0221. The molecule has 2 saturated heterocycles. The van der Waals surface area contributed by atoms with Crippen LogP contribution in [0.3, 0.4) is 0 Å². The number of rotatable bonds is 9. The van der Waals surface area contributed by atoms with Crippen molar-refractivity contribution in [3.63, 3.8) is 0 Å². The molecule has 2 heterocycles. The summed E-state index contributed by atoms with van der Waals surface area (Å²) in [6.07, 6.45) is 4.37. The Labute approximate surface area is 187 Å². The SMILES string of the molecule is CN=C(NCCCCOCc1ccccc1)N1CCN(C(C)C(=O)N2CCCC2)CC1. The third-order valence-corrected chi connectivity index (χ3v) is 6.26. The Balaban J connectivity index is 1.28. The fourth-order valence-corrected chi connectivity index (χ4v) is 4.30. The minimum absolute atomic E-state index is 0.0221. The van der Waals surface area contributed by atoms with E-state index in [1.807, 2.05) is 30.1 Å². The lowest BCUT2D eigenvalue weighted by Gasteiger charge is -2.39. The van der Waals surface area contributed by atoms with Gasteiger partial charge in [-0.3, -0.25) is 14.7 Å². The van der Waals surface area contributed by atoms with Gasteiger partial charge in [-0.25, -0.2) is 0 Å². The Bertz CT molecular complexity index is 682. The molecule has 7 nitrogen and oxygen atoms in total. The molecular formula is C24H39N5O2. The molecule has 172 valence electrons. The normalized spacial score (nSPS) is 19.0. The maximum Gasteiger partial charge on any atom is 0.239 e. The lowest BCUT2D eigenvalue weighted by atomic mass is 10.2. The van der Waals surface area contributed by atoms with Crippen molar-refractivity contribution in [2.24, 2.45) is 4.99 Å². The Morgan fingerprint density at radius 3 is 2.42 bits per heavy atom. The molecule has 0 saturated carbocycles. The average molecular weight is 430 g/mol. The third-order valence-electron chi connectivity index (χ3n) is 6.26. The molecule has 1 atom stereocenters. The van der Waals surface area contributed by atoms with Crippen molar-refractivity contribution in [2.75, 3.05) is 59.5 Å². The summed E-state index contributed by atoms with van der Waals surface area (Å²) in [5, 5.41) is 3.49. The maximum atomic E-state index is 12.7. The lowest BCUT2D eigenvalue weighted by Crippen LogP contribution is -2.57. The zero-order chi connectivity index (χ0) is 21.9. The monoisotopic (exact) mass is 429 g/mol. The standard InChI is InChI=1S/C24H39N5O2/c1-21(23(30)28-13-7-8-14-28)27-15-17-29(18-16-27)24(25-2)26-12-6-9-19-31-20-22-10-4-3-5-11-22/h3-5,10-11,21H,6-9,12-20H2,1-2H3,(H,25,26). The first-order chi connectivity index (χ1) is 15.2. The number of ether oxygens (including phenoxy) is 1. The van der Waals surface area contributed by atoms with E-state index in [0.717, 1.165) is 84.1 Å². The van der Waals surface area contributed by atoms with Crippen molar-refractivity contribution in [2.45, 2.75) is 45.3 Å². The Hall–Kier alpha value is -2.12. The van der Waals surface area contributed by atoms with Crippen LogP contribution in [0.1, 0.15) is 38.2 Å². The molecule has 0 aromatic heterocycles. The molecule has 0 radical (unpaired) electrons. The molecule has 0 bridgehead atoms. The van der Waals surface area contributed by atoms with Crippen molar-refractivity contribution < 1.29 is 9.53 Å². The number of benzene rings is 1. The van der Waals surface area contributed by atoms with Crippen molar-refractivity contribution in [3.05, 3.63) is 35.9 Å². The molecule has 31 heavy (non-hydrogen) atoms. The molecular weight excluding hydrogens is 390 g/mol. The fourth-order valence-electron chi connectivity index (χ4n) is 4.30. The maximum absolute atomic E-state index is 12.7. The third kappa shape index (κ3) is 7.21. The number of nitrogens with zero attached hydrogens (tertiary/aromatic N) is 4. The topological polar surface area (TPSA) is 60.4 Å². The van der Waals surface area contributed by atoms with Crippen LogP contribution in [-0.2, 0) is 16.1 Å². The summed E-state index contributed by atoms with van der Waals surface area (Å²) < 4.78 is 5.75. The van der Waals surface area contributed by atoms with Gasteiger partial charge < -0.3 is 19.9 Å². The first kappa shape index (κ1) is 23.5. The van der Waals surface area contributed by atoms with E-state index in [9.17, 15) is 4.79 Å². The highest BCUT2D eigenvalue weighted by atomic mass is 16.5. The van der Waals surface area contributed by atoms with Gasteiger partial charge in [0.25, 0.3) is 0 Å². The molecule has 1 amide bonds. The van der Waals surface area contributed by atoms with Crippen molar-refractivity contribution >= 4 is 11.9 Å². The van der Waals surface area contributed by atoms with E-state index < -0.39 is 0 Å². The molecule has 3 rings (SSSR count). The number of hydrogen-bond acceptors (Lipinski definition) is 4. The van der Waals surface area contributed by atoms with Gasteiger partial charge in [-0.1, -0.05) is 30.3 Å². The van der Waals surface area contributed by atoms with Crippen LogP contribution in [0.2, 0.25) is 0 Å². The van der Waals surface area contributed by atoms with E-state index in [1.54, 1.807) is 0 Å². The van der Waals surface area contributed by atoms with Crippen LogP contribution in [-0.4, -0.2) is 92.1 Å². The van der Waals surface area contributed by atoms with Gasteiger partial charge in [-0.05, 0) is 38.2 Å². The van der Waals surface area contributed by atoms with Crippen molar-refractivity contribution in [3.8, 4) is 0 Å². The second-order valence-electron chi connectivity index (χ2n) is 8.45. The van der Waals surface area contributed by atoms with Gasteiger partial charge in [-0.15, -0.1) is 0 Å². The minimum Gasteiger partial charge on any atom is -0.377 e. The summed E-state index contributed by atoms with van der Waals surface area (Å²) in [5.74, 6) is 1.26. The molecule has 1 unspecified atom stereocenters. The van der Waals surface area contributed by atoms with Crippen LogP contribution in [0.25, 0.3) is 0 Å². The van der Waals surface area contributed by atoms with Gasteiger partial charge in [0.15, 0.2) is 5.96 Å². The molecule has 1 aromatic rings. The zero-order valence-electron chi connectivity index (χ0n) is 19.3. The number of carbonyl (C=O) groups is 1. The number of amides is 1. The highest BCUT2D eigenvalue weighted by molar-refractivity contribution is 5.82. The number of carbonyl (C=O) groups excluding carboxylic acids is 1. The number of hydrogen-bond donors (Lipinski definition) is 1. The Kier molecular flexibility index (Phi) is 9.62. The highest BCUT2D eigenvalue weighted by Gasteiger charge is 2.30. The molecule has 7 heteroatoms. The smallest absolute Gasteiger partial charge is 0.239 e. The highest BCUT2D eigenvalue weighted by Crippen LogP contribution is 2.14. The second-order valence-corrected chi connectivity index (χ2v) is 8.45. The van der Waals surface area contributed by atoms with Crippen LogP contribution in [0, 0.1) is 0 Å². The fraction of sp³-hybridized carbons (Fsp3) is 0.667. The van der Waals surface area contributed by atoms with Crippen LogP contribution in [0.15, 0.2) is 35.3 Å². The lowest BCUT2D eigenvalue weighted by molar-refractivity contribution is -0.135. The van der Waals surface area contributed by atoms with E-state index in [4.69, 9.17) is 4.74 Å². The summed E-state index contributed by atoms with van der Waals surface area (Å²) in [6, 6.07) is 10.3. The zero-order valence-corrected chi connectivity index (χ0v) is 19.3. The van der Waals surface area contributed by atoms with Gasteiger partial charge in [0.1, 0.15) is 0 Å². The van der Waals surface area contributed by atoms with Crippen molar-refractivity contribution in [1.82, 2.24) is 20.0 Å². The molecule has 0 aliphatic carbocycles. The summed E-state index contributed by atoms with van der Waals surface area (Å²) in [7, 11) is 1.84. The first-order valence-electron chi connectivity index (χ1n) is 11.8. The van der Waals surface area contributed by atoms with E-state index in [1.165, 1.54) is 5.56 Å². The largest absolute Gasteiger partial charge is 0.377 e. The Morgan fingerprint density at radius 2 is 1.74 bits per heavy atom. The van der Waals surface area contributed by atoms with Gasteiger partial charge in [0.2, 0.25) is 5.91 Å². The molecule has 2 aliphatic rings. The summed E-state index contributed by atoms with van der Waals surface area (Å²) >= 11 is 0. The van der Waals surface area contributed by atoms with Crippen LogP contribution >= 0.6 is 0 Å². The number of unbranched alkanes of at least 4 members (excludes halogenated alkanes) is 1. The number of aliphatic imine (C=N–C) groups is 1. The predicted octanol–water partition coefficient (Wildman–Crippen LogP) is 2.19. The number of piperazine rings is 1. The van der Waals surface area contributed by atoms with Gasteiger partial charge in [-0.2, -0.15) is 0 Å². The number of guanidine groups is 1. The van der Waals surface area contributed by atoms with Crippen LogP contribution < -0.4 is 5.32 Å². The molecule has 1 N–H and O–H groups in total. The van der Waals surface area contributed by atoms with Gasteiger partial charge in [0.05, 0.1) is 12.6 Å². The van der Waals surface area contributed by atoms with Crippen LogP contribution in [0.4, 0.5) is 0 Å². The van der Waals surface area contributed by atoms with E-state index >= 15 is 0 Å². The predicted molar refractivity (Wildman–Crippen MR) is 125 cm³/mol. The second kappa shape index (κ2) is 12.7. The number of nitrogens with one attached hydrogen (secondary N) is 1. The van der Waals surface area contributed by atoms with Crippen LogP contribution in [0.5, 0.6) is 0 Å².